The van der Waals surface area contributed by atoms with Crippen molar-refractivity contribution in [2.24, 2.45) is 0 Å². The maximum absolute atomic E-state index is 5.15. The van der Waals surface area contributed by atoms with Crippen molar-refractivity contribution in [2.75, 3.05) is 7.11 Å². The van der Waals surface area contributed by atoms with E-state index in [4.69, 9.17) is 4.74 Å². The van der Waals surface area contributed by atoms with Gasteiger partial charge in [0.05, 0.1) is 24.5 Å². The lowest BCUT2D eigenvalue weighted by atomic mass is 10.3. The van der Waals surface area contributed by atoms with Gasteiger partial charge in [-0.25, -0.2) is 4.98 Å². The highest BCUT2D eigenvalue weighted by molar-refractivity contribution is 8.93. The fourth-order valence-electron chi connectivity index (χ4n) is 1.42. The summed E-state index contributed by atoms with van der Waals surface area (Å²) in [5.74, 6) is 0.878. The maximum Gasteiger partial charge on any atom is 0.121 e. The van der Waals surface area contributed by atoms with Crippen molar-refractivity contribution in [1.29, 1.82) is 0 Å². The van der Waals surface area contributed by atoms with E-state index in [1.54, 1.807) is 7.11 Å². The van der Waals surface area contributed by atoms with E-state index >= 15 is 0 Å². The van der Waals surface area contributed by atoms with E-state index in [1.807, 2.05) is 24.5 Å². The fourth-order valence-corrected chi connectivity index (χ4v) is 1.42. The third-order valence-electron chi connectivity index (χ3n) is 2.17. The number of rotatable bonds is 2. The Morgan fingerprint density at radius 1 is 1.43 bits per heavy atom. The number of hydrogen-bond acceptors (Lipinski definition) is 2. The molecule has 1 aromatic heterocycles. The first-order valence-electron chi connectivity index (χ1n) is 4.34. The highest BCUT2D eigenvalue weighted by Gasteiger charge is 2.01. The molecule has 1 heterocycles. The molecule has 0 aliphatic carbocycles. The zero-order valence-electron chi connectivity index (χ0n) is 8.23. The van der Waals surface area contributed by atoms with E-state index in [9.17, 15) is 0 Å². The largest absolute Gasteiger partial charge is 0.497 e. The summed E-state index contributed by atoms with van der Waals surface area (Å²) in [5, 5.41) is 0. The van der Waals surface area contributed by atoms with Crippen molar-refractivity contribution in [3.8, 4) is 5.75 Å². The molecule has 0 amide bonds. The Morgan fingerprint density at radius 2 is 2.21 bits per heavy atom. The predicted octanol–water partition coefficient (Wildman–Crippen LogP) is 2.64. The number of hydrogen-bond donors (Lipinski definition) is 0. The fraction of sp³-hybridized carbons (Fsp3) is 0.300. The third kappa shape index (κ3) is 1.75. The summed E-state index contributed by atoms with van der Waals surface area (Å²) >= 11 is 0. The molecule has 1 aromatic carbocycles. The van der Waals surface area contributed by atoms with Crippen molar-refractivity contribution in [2.45, 2.75) is 13.5 Å². The summed E-state index contributed by atoms with van der Waals surface area (Å²) in [7, 11) is 1.67. The minimum atomic E-state index is 0. The van der Waals surface area contributed by atoms with Crippen LogP contribution in [0.1, 0.15) is 6.92 Å². The third-order valence-corrected chi connectivity index (χ3v) is 2.17. The standard InChI is InChI=1S/C10H12N2O.BrH/c1-3-12-7-11-9-5-4-8(13-2)6-10(9)12;/h4-7H,3H2,1-2H3;1H. The summed E-state index contributed by atoms with van der Waals surface area (Å²) in [4.78, 5) is 4.27. The summed E-state index contributed by atoms with van der Waals surface area (Å²) in [6, 6.07) is 5.90. The summed E-state index contributed by atoms with van der Waals surface area (Å²) in [5.41, 5.74) is 2.14. The van der Waals surface area contributed by atoms with Gasteiger partial charge in [0, 0.05) is 12.6 Å². The highest BCUT2D eigenvalue weighted by atomic mass is 79.9. The molecule has 0 atom stereocenters. The Kier molecular flexibility index (Phi) is 3.52. The van der Waals surface area contributed by atoms with E-state index in [2.05, 4.69) is 16.5 Å². The van der Waals surface area contributed by atoms with Crippen LogP contribution in [0.3, 0.4) is 0 Å². The Labute approximate surface area is 93.5 Å². The van der Waals surface area contributed by atoms with Crippen molar-refractivity contribution >= 4 is 28.0 Å². The van der Waals surface area contributed by atoms with Gasteiger partial charge in [-0.1, -0.05) is 0 Å². The zero-order chi connectivity index (χ0) is 9.26. The van der Waals surface area contributed by atoms with Crippen LogP contribution in [0.4, 0.5) is 0 Å². The average molecular weight is 257 g/mol. The van der Waals surface area contributed by atoms with Crippen LogP contribution in [0.5, 0.6) is 5.75 Å². The second-order valence-corrected chi connectivity index (χ2v) is 2.89. The number of halogens is 1. The Balaban J connectivity index is 0.000000980. The van der Waals surface area contributed by atoms with Gasteiger partial charge in [0.1, 0.15) is 5.75 Å². The van der Waals surface area contributed by atoms with E-state index in [1.165, 1.54) is 0 Å². The van der Waals surface area contributed by atoms with E-state index in [0.717, 1.165) is 23.3 Å². The molecule has 0 spiro atoms. The molecular weight excluding hydrogens is 244 g/mol. The number of benzene rings is 1. The van der Waals surface area contributed by atoms with Crippen LogP contribution >= 0.6 is 17.0 Å². The van der Waals surface area contributed by atoms with Crippen molar-refractivity contribution in [3.05, 3.63) is 24.5 Å². The number of ether oxygens (including phenoxy) is 1. The van der Waals surface area contributed by atoms with Crippen molar-refractivity contribution < 1.29 is 4.74 Å². The van der Waals surface area contributed by atoms with Gasteiger partial charge in [0.15, 0.2) is 0 Å². The first-order valence-corrected chi connectivity index (χ1v) is 4.34. The first kappa shape index (κ1) is 11.0. The molecule has 0 aliphatic heterocycles. The van der Waals surface area contributed by atoms with Crippen LogP contribution in [0, 0.1) is 0 Å². The zero-order valence-corrected chi connectivity index (χ0v) is 9.94. The van der Waals surface area contributed by atoms with Crippen LogP contribution in [-0.4, -0.2) is 16.7 Å². The number of fused-ring (bicyclic) bond motifs is 1. The van der Waals surface area contributed by atoms with Crippen LogP contribution in [0.2, 0.25) is 0 Å². The lowest BCUT2D eigenvalue weighted by Gasteiger charge is -2.01. The maximum atomic E-state index is 5.15. The molecule has 0 N–H and O–H groups in total. The van der Waals surface area contributed by atoms with Gasteiger partial charge in [-0.15, -0.1) is 17.0 Å². The molecular formula is C10H13BrN2O. The summed E-state index contributed by atoms with van der Waals surface area (Å²) < 4.78 is 7.25. The van der Waals surface area contributed by atoms with Gasteiger partial charge in [-0.05, 0) is 19.1 Å². The van der Waals surface area contributed by atoms with E-state index in [0.29, 0.717) is 0 Å². The second kappa shape index (κ2) is 4.46. The number of aromatic nitrogens is 2. The molecule has 14 heavy (non-hydrogen) atoms. The SMILES string of the molecule is Br.CCn1cnc2ccc(OC)cc21. The molecule has 0 fully saturated rings. The number of imidazole rings is 1. The van der Waals surface area contributed by atoms with Crippen LogP contribution in [0.15, 0.2) is 24.5 Å². The van der Waals surface area contributed by atoms with Crippen LogP contribution in [0.25, 0.3) is 11.0 Å². The Hall–Kier alpha value is -1.03. The first-order chi connectivity index (χ1) is 6.35. The van der Waals surface area contributed by atoms with Gasteiger partial charge in [0.2, 0.25) is 0 Å². The van der Waals surface area contributed by atoms with Gasteiger partial charge in [0.25, 0.3) is 0 Å². The number of aryl methyl sites for hydroxylation is 1. The Morgan fingerprint density at radius 3 is 2.86 bits per heavy atom. The second-order valence-electron chi connectivity index (χ2n) is 2.89. The molecule has 3 nitrogen and oxygen atoms in total. The average Bonchev–Trinajstić information content (AvgIpc) is 2.59. The molecule has 4 heteroatoms. The molecule has 0 unspecified atom stereocenters. The van der Waals surface area contributed by atoms with Crippen LogP contribution in [-0.2, 0) is 6.54 Å². The lowest BCUT2D eigenvalue weighted by molar-refractivity contribution is 0.415. The van der Waals surface area contributed by atoms with Crippen molar-refractivity contribution in [1.82, 2.24) is 9.55 Å². The molecule has 0 saturated heterocycles. The topological polar surface area (TPSA) is 27.1 Å². The van der Waals surface area contributed by atoms with Gasteiger partial charge < -0.3 is 9.30 Å². The molecule has 2 rings (SSSR count). The molecule has 2 aromatic rings. The number of nitrogens with zero attached hydrogens (tertiary/aromatic N) is 2. The molecule has 0 bridgehead atoms. The van der Waals surface area contributed by atoms with E-state index in [-0.39, 0.29) is 17.0 Å². The summed E-state index contributed by atoms with van der Waals surface area (Å²) in [6.07, 6.45) is 1.85. The normalized spacial score (nSPS) is 9.86. The number of methoxy groups -OCH3 is 1. The molecule has 76 valence electrons. The van der Waals surface area contributed by atoms with Crippen molar-refractivity contribution in [3.63, 3.8) is 0 Å². The summed E-state index contributed by atoms with van der Waals surface area (Å²) in [6.45, 7) is 3.03. The highest BCUT2D eigenvalue weighted by Crippen LogP contribution is 2.19. The van der Waals surface area contributed by atoms with Gasteiger partial charge in [-0.2, -0.15) is 0 Å². The minimum absolute atomic E-state index is 0. The van der Waals surface area contributed by atoms with Gasteiger partial charge in [-0.3, -0.25) is 0 Å². The quantitative estimate of drug-likeness (QED) is 0.826. The predicted molar refractivity (Wildman–Crippen MR) is 62.3 cm³/mol. The van der Waals surface area contributed by atoms with Crippen LogP contribution < -0.4 is 4.74 Å². The van der Waals surface area contributed by atoms with E-state index < -0.39 is 0 Å². The smallest absolute Gasteiger partial charge is 0.121 e. The molecule has 0 radical (unpaired) electrons. The molecule has 0 saturated carbocycles. The minimum Gasteiger partial charge on any atom is -0.497 e. The van der Waals surface area contributed by atoms with Gasteiger partial charge >= 0.3 is 0 Å². The Bertz CT molecular complexity index is 425. The monoisotopic (exact) mass is 256 g/mol. The molecule has 0 aliphatic rings. The lowest BCUT2D eigenvalue weighted by Crippen LogP contribution is -1.91.